The van der Waals surface area contributed by atoms with Gasteiger partial charge in [-0.2, -0.15) is 0 Å². The molecule has 0 aliphatic carbocycles. The van der Waals surface area contributed by atoms with E-state index in [4.69, 9.17) is 9.47 Å². The van der Waals surface area contributed by atoms with Gasteiger partial charge in [0.1, 0.15) is 0 Å². The van der Waals surface area contributed by atoms with Gasteiger partial charge >= 0.3 is 6.03 Å². The van der Waals surface area contributed by atoms with Crippen molar-refractivity contribution in [1.29, 1.82) is 0 Å². The predicted octanol–water partition coefficient (Wildman–Crippen LogP) is 1.77. The minimum atomic E-state index is -0.113. The monoisotopic (exact) mass is 272 g/mol. The fourth-order valence-electron chi connectivity index (χ4n) is 2.53. The third-order valence-electron chi connectivity index (χ3n) is 3.64. The van der Waals surface area contributed by atoms with Crippen molar-refractivity contribution in [3.05, 3.63) is 0 Å². The summed E-state index contributed by atoms with van der Waals surface area (Å²) in [4.78, 5) is 11.8. The number of rotatable bonds is 7. The van der Waals surface area contributed by atoms with E-state index in [1.54, 1.807) is 7.11 Å². The number of nitrogens with one attached hydrogen (secondary N) is 2. The summed E-state index contributed by atoms with van der Waals surface area (Å²) in [5, 5.41) is 5.87. The summed E-state index contributed by atoms with van der Waals surface area (Å²) in [5.41, 5.74) is 0. The average molecular weight is 272 g/mol. The zero-order valence-corrected chi connectivity index (χ0v) is 12.6. The van der Waals surface area contributed by atoms with Crippen molar-refractivity contribution in [2.75, 3.05) is 26.9 Å². The van der Waals surface area contributed by atoms with E-state index >= 15 is 0 Å². The molecule has 0 spiro atoms. The molecule has 5 heteroatoms. The quantitative estimate of drug-likeness (QED) is 0.742. The van der Waals surface area contributed by atoms with Gasteiger partial charge in [0.2, 0.25) is 0 Å². The first kappa shape index (κ1) is 16.2. The van der Waals surface area contributed by atoms with Crippen LogP contribution in [0.25, 0.3) is 0 Å². The topological polar surface area (TPSA) is 59.6 Å². The highest BCUT2D eigenvalue weighted by Gasteiger charge is 2.30. The molecule has 19 heavy (non-hydrogen) atoms. The van der Waals surface area contributed by atoms with Crippen LogP contribution in [0.1, 0.15) is 33.6 Å². The Kier molecular flexibility index (Phi) is 7.16. The van der Waals surface area contributed by atoms with Crippen molar-refractivity contribution in [2.45, 2.75) is 45.8 Å². The molecule has 1 rings (SSSR count). The maximum Gasteiger partial charge on any atom is 0.315 e. The Balaban J connectivity index is 2.29. The lowest BCUT2D eigenvalue weighted by atomic mass is 9.93. The standard InChI is InChI=1S/C14H28N2O3/c1-5-12(9-18-4)16-14(17)15-8-11-6-7-19-13(11)10(2)3/h10-13H,5-9H2,1-4H3,(H2,15,16,17)/t11-,12-,13-/m1/s1. The third kappa shape index (κ3) is 5.37. The molecule has 3 atom stereocenters. The fourth-order valence-corrected chi connectivity index (χ4v) is 2.53. The molecule has 1 saturated heterocycles. The maximum atomic E-state index is 11.8. The van der Waals surface area contributed by atoms with Gasteiger partial charge in [-0.25, -0.2) is 4.79 Å². The van der Waals surface area contributed by atoms with E-state index in [1.807, 2.05) is 6.92 Å². The summed E-state index contributed by atoms with van der Waals surface area (Å²) in [7, 11) is 1.64. The molecule has 112 valence electrons. The lowest BCUT2D eigenvalue weighted by Crippen LogP contribution is -2.46. The first-order chi connectivity index (χ1) is 9.08. The molecule has 0 aromatic heterocycles. The second-order valence-electron chi connectivity index (χ2n) is 5.54. The van der Waals surface area contributed by atoms with Gasteiger partial charge in [0.25, 0.3) is 0 Å². The number of carbonyl (C=O) groups is 1. The van der Waals surface area contributed by atoms with Crippen LogP contribution in [0.15, 0.2) is 0 Å². The van der Waals surface area contributed by atoms with Crippen LogP contribution in [0.3, 0.4) is 0 Å². The Morgan fingerprint density at radius 1 is 1.47 bits per heavy atom. The molecule has 0 radical (unpaired) electrons. The molecule has 5 nitrogen and oxygen atoms in total. The van der Waals surface area contributed by atoms with Gasteiger partial charge in [-0.1, -0.05) is 20.8 Å². The molecule has 0 saturated carbocycles. The number of amides is 2. The van der Waals surface area contributed by atoms with Crippen LogP contribution in [0.4, 0.5) is 4.79 Å². The second kappa shape index (κ2) is 8.38. The smallest absolute Gasteiger partial charge is 0.315 e. The molecule has 0 aromatic rings. The van der Waals surface area contributed by atoms with E-state index in [0.717, 1.165) is 19.4 Å². The number of ether oxygens (including phenoxy) is 2. The third-order valence-corrected chi connectivity index (χ3v) is 3.64. The highest BCUT2D eigenvalue weighted by molar-refractivity contribution is 5.74. The van der Waals surface area contributed by atoms with E-state index in [2.05, 4.69) is 24.5 Å². The summed E-state index contributed by atoms with van der Waals surface area (Å²) in [6, 6.07) is -0.0379. The van der Waals surface area contributed by atoms with Gasteiger partial charge in [-0.3, -0.25) is 0 Å². The molecule has 2 N–H and O–H groups in total. The Morgan fingerprint density at radius 2 is 2.21 bits per heavy atom. The normalized spacial score (nSPS) is 24.5. The number of methoxy groups -OCH3 is 1. The van der Waals surface area contributed by atoms with E-state index in [0.29, 0.717) is 25.0 Å². The highest BCUT2D eigenvalue weighted by Crippen LogP contribution is 2.25. The van der Waals surface area contributed by atoms with Crippen molar-refractivity contribution >= 4 is 6.03 Å². The van der Waals surface area contributed by atoms with Crippen LogP contribution >= 0.6 is 0 Å². The van der Waals surface area contributed by atoms with Crippen LogP contribution in [-0.2, 0) is 9.47 Å². The zero-order valence-electron chi connectivity index (χ0n) is 12.6. The molecule has 1 aliphatic rings. The van der Waals surface area contributed by atoms with Crippen molar-refractivity contribution in [3.63, 3.8) is 0 Å². The molecule has 2 amide bonds. The summed E-state index contributed by atoms with van der Waals surface area (Å²) < 4.78 is 10.8. The minimum absolute atomic E-state index is 0.0747. The number of hydrogen-bond donors (Lipinski definition) is 2. The predicted molar refractivity (Wildman–Crippen MR) is 75.2 cm³/mol. The minimum Gasteiger partial charge on any atom is -0.383 e. The first-order valence-corrected chi connectivity index (χ1v) is 7.23. The Morgan fingerprint density at radius 3 is 2.79 bits per heavy atom. The Labute approximate surface area is 116 Å². The summed E-state index contributed by atoms with van der Waals surface area (Å²) >= 11 is 0. The van der Waals surface area contributed by atoms with Gasteiger partial charge < -0.3 is 20.1 Å². The van der Waals surface area contributed by atoms with Crippen LogP contribution in [0.5, 0.6) is 0 Å². The summed E-state index contributed by atoms with van der Waals surface area (Å²) in [5.74, 6) is 0.919. The lowest BCUT2D eigenvalue weighted by Gasteiger charge is -2.23. The van der Waals surface area contributed by atoms with Crippen LogP contribution in [0, 0.1) is 11.8 Å². The second-order valence-corrected chi connectivity index (χ2v) is 5.54. The largest absolute Gasteiger partial charge is 0.383 e. The molecule has 0 bridgehead atoms. The number of urea groups is 1. The molecular weight excluding hydrogens is 244 g/mol. The van der Waals surface area contributed by atoms with Crippen LogP contribution in [-0.4, -0.2) is 45.0 Å². The molecule has 1 heterocycles. The van der Waals surface area contributed by atoms with E-state index < -0.39 is 0 Å². The maximum absolute atomic E-state index is 11.8. The van der Waals surface area contributed by atoms with E-state index in [-0.39, 0.29) is 18.2 Å². The van der Waals surface area contributed by atoms with E-state index in [1.165, 1.54) is 0 Å². The zero-order chi connectivity index (χ0) is 14.3. The van der Waals surface area contributed by atoms with Crippen LogP contribution < -0.4 is 10.6 Å². The average Bonchev–Trinajstić information content (AvgIpc) is 2.84. The summed E-state index contributed by atoms with van der Waals surface area (Å²) in [6.07, 6.45) is 2.15. The molecule has 1 fully saturated rings. The Hall–Kier alpha value is -0.810. The van der Waals surface area contributed by atoms with Crippen molar-refractivity contribution in [2.24, 2.45) is 11.8 Å². The first-order valence-electron chi connectivity index (χ1n) is 7.23. The number of carbonyl (C=O) groups excluding carboxylic acids is 1. The van der Waals surface area contributed by atoms with Gasteiger partial charge in [0.15, 0.2) is 0 Å². The van der Waals surface area contributed by atoms with Gasteiger partial charge in [-0.05, 0) is 18.8 Å². The molecule has 0 unspecified atom stereocenters. The van der Waals surface area contributed by atoms with Crippen molar-refractivity contribution in [1.82, 2.24) is 10.6 Å². The van der Waals surface area contributed by atoms with Crippen LogP contribution in [0.2, 0.25) is 0 Å². The Bertz CT molecular complexity index is 271. The van der Waals surface area contributed by atoms with Gasteiger partial charge in [0, 0.05) is 26.2 Å². The summed E-state index contributed by atoms with van der Waals surface area (Å²) in [6.45, 7) is 8.38. The molecule has 1 aliphatic heterocycles. The van der Waals surface area contributed by atoms with E-state index in [9.17, 15) is 4.79 Å². The number of hydrogen-bond acceptors (Lipinski definition) is 3. The van der Waals surface area contributed by atoms with Gasteiger partial charge in [0.05, 0.1) is 18.8 Å². The SMILES string of the molecule is CC[C@H](COC)NC(=O)NC[C@H]1CCO[C@@H]1C(C)C. The van der Waals surface area contributed by atoms with Crippen molar-refractivity contribution < 1.29 is 14.3 Å². The van der Waals surface area contributed by atoms with Gasteiger partial charge in [-0.15, -0.1) is 0 Å². The van der Waals surface area contributed by atoms with Crippen molar-refractivity contribution in [3.8, 4) is 0 Å². The molecule has 0 aromatic carbocycles. The lowest BCUT2D eigenvalue weighted by molar-refractivity contribution is 0.0544. The molecular formula is C14H28N2O3. The highest BCUT2D eigenvalue weighted by atomic mass is 16.5. The fraction of sp³-hybridized carbons (Fsp3) is 0.929.